The molecule has 0 fully saturated rings. The quantitative estimate of drug-likeness (QED) is 0.166. The second-order valence-corrected chi connectivity index (χ2v) is 17.1. The third-order valence-corrected chi connectivity index (χ3v) is 13.6. The number of para-hydroxylation sites is 1. The van der Waals surface area contributed by atoms with Crippen LogP contribution in [0.4, 0.5) is 34.1 Å². The minimum Gasteiger partial charge on any atom is -0.307 e. The first-order chi connectivity index (χ1) is 28.9. The summed E-state index contributed by atoms with van der Waals surface area (Å²) in [4.78, 5) is 5.31. The van der Waals surface area contributed by atoms with Crippen LogP contribution in [0.1, 0.15) is 27.8 Å². The second kappa shape index (κ2) is 12.6. The van der Waals surface area contributed by atoms with Crippen LogP contribution < -0.4 is 42.6 Å². The molecular formula is C55H42B2N2. The van der Waals surface area contributed by atoms with Gasteiger partial charge in [0, 0.05) is 11.4 Å². The molecule has 3 aliphatic heterocycles. The number of nitrogens with zero attached hydrogens (tertiary/aromatic N) is 2. The number of aryl methyl sites for hydroxylation is 5. The highest BCUT2D eigenvalue weighted by atomic mass is 15.3. The molecule has 3 aliphatic rings. The molecule has 0 saturated heterocycles. The maximum atomic E-state index is 2.66. The molecule has 0 bridgehead atoms. The lowest BCUT2D eigenvalue weighted by molar-refractivity contribution is 1.19. The normalized spacial score (nSPS) is 13.4. The molecule has 0 radical (unpaired) electrons. The molecule has 4 heteroatoms. The summed E-state index contributed by atoms with van der Waals surface area (Å²) >= 11 is 0. The topological polar surface area (TPSA) is 6.48 Å². The van der Waals surface area contributed by atoms with Crippen molar-refractivity contribution in [2.45, 2.75) is 34.6 Å². The van der Waals surface area contributed by atoms with E-state index in [9.17, 15) is 0 Å². The van der Waals surface area contributed by atoms with Crippen LogP contribution in [0.5, 0.6) is 0 Å². The lowest BCUT2D eigenvalue weighted by Crippen LogP contribution is -2.62. The van der Waals surface area contributed by atoms with E-state index in [-0.39, 0.29) is 13.4 Å². The van der Waals surface area contributed by atoms with Gasteiger partial charge in [0.15, 0.2) is 0 Å². The number of rotatable bonds is 3. The van der Waals surface area contributed by atoms with Gasteiger partial charge in [0.1, 0.15) is 0 Å². The van der Waals surface area contributed by atoms with Crippen molar-refractivity contribution in [3.8, 4) is 11.1 Å². The zero-order valence-electron chi connectivity index (χ0n) is 34.1. The van der Waals surface area contributed by atoms with Crippen LogP contribution in [0.25, 0.3) is 32.7 Å². The monoisotopic (exact) mass is 752 g/mol. The molecule has 0 saturated carbocycles. The van der Waals surface area contributed by atoms with Crippen molar-refractivity contribution in [2.75, 3.05) is 9.80 Å². The number of fused-ring (bicyclic) bond motifs is 10. The average Bonchev–Trinajstić information content (AvgIpc) is 3.25. The molecule has 9 aromatic rings. The van der Waals surface area contributed by atoms with Crippen molar-refractivity contribution in [2.24, 2.45) is 0 Å². The Balaban J connectivity index is 1.28. The van der Waals surface area contributed by atoms with Crippen molar-refractivity contribution >= 4 is 102 Å². The van der Waals surface area contributed by atoms with E-state index in [4.69, 9.17) is 0 Å². The third kappa shape index (κ3) is 4.78. The van der Waals surface area contributed by atoms with E-state index in [2.05, 4.69) is 208 Å². The second-order valence-electron chi connectivity index (χ2n) is 17.1. The molecule has 0 unspecified atom stereocenters. The van der Waals surface area contributed by atoms with E-state index in [0.29, 0.717) is 0 Å². The zero-order chi connectivity index (χ0) is 39.7. The number of anilines is 6. The van der Waals surface area contributed by atoms with Gasteiger partial charge in [-0.05, 0) is 113 Å². The molecule has 3 heterocycles. The van der Waals surface area contributed by atoms with E-state index >= 15 is 0 Å². The Morgan fingerprint density at radius 1 is 0.339 bits per heavy atom. The SMILES string of the molecule is Cc1cc(C)c(B2c3ccccc3N3c4cc5ccccc5c5c4N(c4ccc(-c6ccccc6)cc4B5c4c(C)cccc4C)c4cc5ccccc5c2c43)c(C)c1. The standard InChI is InChI=1S/C55H42B2N2/c1-33-28-36(4)51(37(5)29-33)56-44-24-13-14-25-46(44)58-48-31-41-21-10-12-23-43(41)53-55(48)59(49-32-40-20-9-11-22-42(40)52(56)54(49)58)47-27-26-39(38-18-7-6-8-19-38)30-45(47)57(53)50-34(2)16-15-17-35(50)3/h6-32H,1-5H3. The van der Waals surface area contributed by atoms with Gasteiger partial charge in [0.05, 0.1) is 22.7 Å². The maximum Gasteiger partial charge on any atom is 0.248 e. The number of hydrogen-bond acceptors (Lipinski definition) is 2. The van der Waals surface area contributed by atoms with Crippen LogP contribution in [0, 0.1) is 34.6 Å². The molecular weight excluding hydrogens is 710 g/mol. The van der Waals surface area contributed by atoms with E-state index in [1.807, 2.05) is 0 Å². The average molecular weight is 753 g/mol. The Morgan fingerprint density at radius 2 is 0.847 bits per heavy atom. The molecule has 0 N–H and O–H groups in total. The van der Waals surface area contributed by atoms with Crippen LogP contribution in [0.3, 0.4) is 0 Å². The van der Waals surface area contributed by atoms with Gasteiger partial charge in [0.2, 0.25) is 13.4 Å². The van der Waals surface area contributed by atoms with Crippen molar-refractivity contribution in [1.29, 1.82) is 0 Å². The molecule has 12 rings (SSSR count). The van der Waals surface area contributed by atoms with Crippen LogP contribution in [-0.4, -0.2) is 13.4 Å². The smallest absolute Gasteiger partial charge is 0.248 e. The molecule has 0 spiro atoms. The summed E-state index contributed by atoms with van der Waals surface area (Å²) in [5.41, 5.74) is 24.9. The van der Waals surface area contributed by atoms with Gasteiger partial charge in [0.25, 0.3) is 0 Å². The molecule has 278 valence electrons. The Labute approximate surface area is 347 Å². The molecule has 0 aromatic heterocycles. The zero-order valence-corrected chi connectivity index (χ0v) is 34.1. The van der Waals surface area contributed by atoms with Crippen molar-refractivity contribution < 1.29 is 0 Å². The van der Waals surface area contributed by atoms with Crippen molar-refractivity contribution in [3.05, 3.63) is 192 Å². The van der Waals surface area contributed by atoms with Gasteiger partial charge in [-0.25, -0.2) is 0 Å². The Morgan fingerprint density at radius 3 is 1.47 bits per heavy atom. The number of benzene rings is 9. The maximum absolute atomic E-state index is 2.66. The molecule has 2 nitrogen and oxygen atoms in total. The fraction of sp³-hybridized carbons (Fsp3) is 0.0909. The van der Waals surface area contributed by atoms with E-state index in [1.54, 1.807) is 0 Å². The third-order valence-electron chi connectivity index (χ3n) is 13.6. The molecule has 59 heavy (non-hydrogen) atoms. The summed E-state index contributed by atoms with van der Waals surface area (Å²) < 4.78 is 0. The fourth-order valence-electron chi connectivity index (χ4n) is 11.4. The fourth-order valence-corrected chi connectivity index (χ4v) is 11.4. The lowest BCUT2D eigenvalue weighted by Gasteiger charge is -2.50. The molecule has 0 amide bonds. The summed E-state index contributed by atoms with van der Waals surface area (Å²) in [7, 11) is 0. The molecule has 9 aromatic carbocycles. The minimum absolute atomic E-state index is 0.0121. The Hall–Kier alpha value is -6.77. The Bertz CT molecular complexity index is 3210. The summed E-state index contributed by atoms with van der Waals surface area (Å²) in [6.07, 6.45) is 0. The largest absolute Gasteiger partial charge is 0.307 e. The first kappa shape index (κ1) is 34.3. The van der Waals surface area contributed by atoms with Gasteiger partial charge < -0.3 is 9.80 Å². The lowest BCUT2D eigenvalue weighted by atomic mass is 9.32. The van der Waals surface area contributed by atoms with Crippen LogP contribution in [0.2, 0.25) is 0 Å². The highest BCUT2D eigenvalue weighted by molar-refractivity contribution is 7.01. The summed E-state index contributed by atoms with van der Waals surface area (Å²) in [6, 6.07) is 62.1. The van der Waals surface area contributed by atoms with Gasteiger partial charge in [-0.1, -0.05) is 178 Å². The van der Waals surface area contributed by atoms with E-state index < -0.39 is 0 Å². The van der Waals surface area contributed by atoms with Gasteiger partial charge in [-0.15, -0.1) is 0 Å². The number of hydrogen-bond donors (Lipinski definition) is 0. The van der Waals surface area contributed by atoms with E-state index in [0.717, 1.165) is 0 Å². The molecule has 0 aliphatic carbocycles. The van der Waals surface area contributed by atoms with Crippen molar-refractivity contribution in [3.63, 3.8) is 0 Å². The predicted molar refractivity (Wildman–Crippen MR) is 256 cm³/mol. The van der Waals surface area contributed by atoms with Crippen LogP contribution in [0.15, 0.2) is 164 Å². The van der Waals surface area contributed by atoms with Gasteiger partial charge >= 0.3 is 0 Å². The first-order valence-corrected chi connectivity index (χ1v) is 21.0. The van der Waals surface area contributed by atoms with Gasteiger partial charge in [-0.2, -0.15) is 0 Å². The van der Waals surface area contributed by atoms with Crippen LogP contribution >= 0.6 is 0 Å². The predicted octanol–water partition coefficient (Wildman–Crippen LogP) is 10.1. The van der Waals surface area contributed by atoms with Gasteiger partial charge in [-0.3, -0.25) is 0 Å². The highest BCUT2D eigenvalue weighted by Gasteiger charge is 2.48. The summed E-state index contributed by atoms with van der Waals surface area (Å²) in [5.74, 6) is 0. The highest BCUT2D eigenvalue weighted by Crippen LogP contribution is 2.57. The summed E-state index contributed by atoms with van der Waals surface area (Å²) in [5, 5.41) is 5.14. The first-order valence-electron chi connectivity index (χ1n) is 21.0. The summed E-state index contributed by atoms with van der Waals surface area (Å²) in [6.45, 7) is 11.5. The minimum atomic E-state index is 0.0121. The Kier molecular flexibility index (Phi) is 7.33. The van der Waals surface area contributed by atoms with E-state index in [1.165, 1.54) is 127 Å². The van der Waals surface area contributed by atoms with Crippen LogP contribution in [-0.2, 0) is 0 Å². The molecule has 0 atom stereocenters. The van der Waals surface area contributed by atoms with Crippen molar-refractivity contribution in [1.82, 2.24) is 0 Å².